The molecule has 15 heavy (non-hydrogen) atoms. The zero-order valence-electron chi connectivity index (χ0n) is 9.96. The van der Waals surface area contributed by atoms with Gasteiger partial charge in [0.25, 0.3) is 0 Å². The molecule has 0 fully saturated rings. The zero-order valence-corrected chi connectivity index (χ0v) is 11.0. The summed E-state index contributed by atoms with van der Waals surface area (Å²) in [6, 6.07) is 10.7. The zero-order chi connectivity index (χ0) is 11.3. The van der Waals surface area contributed by atoms with Crippen LogP contribution in [0.3, 0.4) is 0 Å². The average Bonchev–Trinajstić information content (AvgIpc) is 2.18. The van der Waals surface area contributed by atoms with Crippen molar-refractivity contribution < 1.29 is 0 Å². The highest BCUT2D eigenvalue weighted by Crippen LogP contribution is 2.03. The van der Waals surface area contributed by atoms with Crippen molar-refractivity contribution in [2.75, 3.05) is 0 Å². The minimum atomic E-state index is -1.46. The summed E-state index contributed by atoms with van der Waals surface area (Å²) in [5.41, 5.74) is 9.66. The first-order valence-electron chi connectivity index (χ1n) is 5.24. The number of benzene rings is 1. The van der Waals surface area contributed by atoms with E-state index in [-0.39, 0.29) is 0 Å². The van der Waals surface area contributed by atoms with Gasteiger partial charge in [-0.1, -0.05) is 60.1 Å². The Balaban J connectivity index is 3.05. The van der Waals surface area contributed by atoms with Gasteiger partial charge >= 0.3 is 0 Å². The summed E-state index contributed by atoms with van der Waals surface area (Å²) in [5, 5.41) is 1.44. The van der Waals surface area contributed by atoms with Crippen LogP contribution in [0.25, 0.3) is 0 Å². The van der Waals surface area contributed by atoms with Gasteiger partial charge in [-0.25, -0.2) is 0 Å². The first-order valence-corrected chi connectivity index (χ1v) is 8.32. The van der Waals surface area contributed by atoms with Gasteiger partial charge in [0.05, 0.1) is 0 Å². The highest BCUT2D eigenvalue weighted by atomic mass is 28.3. The van der Waals surface area contributed by atoms with Gasteiger partial charge in [-0.05, 0) is 25.1 Å². The molecular weight excluding hydrogens is 196 g/mol. The monoisotopic (exact) mass is 214 g/mol. The lowest BCUT2D eigenvalue weighted by atomic mass is 10.4. The summed E-state index contributed by atoms with van der Waals surface area (Å²) < 4.78 is 0. The highest BCUT2D eigenvalue weighted by molar-refractivity contribution is 6.93. The van der Waals surface area contributed by atoms with E-state index in [1.807, 2.05) is 13.8 Å². The van der Waals surface area contributed by atoms with Crippen molar-refractivity contribution in [3.8, 4) is 0 Å². The lowest BCUT2D eigenvalue weighted by Crippen LogP contribution is -2.38. The molecule has 0 radical (unpaired) electrons. The summed E-state index contributed by atoms with van der Waals surface area (Å²) in [6.07, 6.45) is 0. The minimum Gasteiger partial charge on any atom is -0.0786 e. The lowest BCUT2D eigenvalue weighted by Gasteiger charge is -2.16. The van der Waals surface area contributed by atoms with E-state index in [4.69, 9.17) is 0 Å². The predicted octanol–water partition coefficient (Wildman–Crippen LogP) is 3.42. The third-order valence-corrected chi connectivity index (χ3v) is 4.96. The molecule has 0 saturated heterocycles. The quantitative estimate of drug-likeness (QED) is 0.523. The molecule has 0 atom stereocenters. The molecule has 0 heterocycles. The van der Waals surface area contributed by atoms with Crippen LogP contribution in [-0.2, 0) is 0 Å². The normalized spacial score (nSPS) is 10.1. The van der Waals surface area contributed by atoms with E-state index in [1.165, 1.54) is 10.8 Å². The second kappa shape index (κ2) is 5.00. The number of rotatable bonds is 2. The topological polar surface area (TPSA) is 0 Å². The highest BCUT2D eigenvalue weighted by Gasteiger charge is 2.18. The molecule has 0 saturated carbocycles. The van der Waals surface area contributed by atoms with Gasteiger partial charge in [-0.3, -0.25) is 0 Å². The number of allylic oxidation sites excluding steroid dienone is 1. The van der Waals surface area contributed by atoms with E-state index in [0.717, 1.165) is 0 Å². The van der Waals surface area contributed by atoms with Crippen LogP contribution in [0.1, 0.15) is 13.8 Å². The first-order chi connectivity index (χ1) is 7.02. The van der Waals surface area contributed by atoms with Gasteiger partial charge < -0.3 is 0 Å². The summed E-state index contributed by atoms with van der Waals surface area (Å²) in [4.78, 5) is 0. The van der Waals surface area contributed by atoms with Crippen molar-refractivity contribution in [1.82, 2.24) is 0 Å². The molecule has 0 aliphatic carbocycles. The van der Waals surface area contributed by atoms with E-state index in [2.05, 4.69) is 60.6 Å². The number of hydrogen-bond acceptors (Lipinski definition) is 0. The molecule has 0 nitrogen and oxygen atoms in total. The lowest BCUT2D eigenvalue weighted by molar-refractivity contribution is 1.41. The van der Waals surface area contributed by atoms with Gasteiger partial charge in [0.15, 0.2) is 0 Å². The van der Waals surface area contributed by atoms with Crippen LogP contribution in [0.2, 0.25) is 13.1 Å². The van der Waals surface area contributed by atoms with E-state index in [9.17, 15) is 0 Å². The van der Waals surface area contributed by atoms with E-state index in [1.54, 1.807) is 0 Å². The maximum Gasteiger partial charge on any atom is 0.113 e. The van der Waals surface area contributed by atoms with E-state index in [0.29, 0.717) is 0 Å². The second-order valence-corrected chi connectivity index (χ2v) is 8.81. The summed E-state index contributed by atoms with van der Waals surface area (Å²) in [7, 11) is -1.46. The summed E-state index contributed by atoms with van der Waals surface area (Å²) >= 11 is 0. The molecule has 0 N–H and O–H groups in total. The SMILES string of the molecule is CC(C)=C=C=C[Si](C)(C)c1ccccc1. The van der Waals surface area contributed by atoms with Crippen molar-refractivity contribution in [3.63, 3.8) is 0 Å². The Hall–Kier alpha value is -1.26. The third-order valence-electron chi connectivity index (χ3n) is 2.27. The van der Waals surface area contributed by atoms with Crippen molar-refractivity contribution >= 4 is 13.3 Å². The van der Waals surface area contributed by atoms with Crippen molar-refractivity contribution in [2.45, 2.75) is 26.9 Å². The molecule has 0 aliphatic heterocycles. The largest absolute Gasteiger partial charge is 0.113 e. The Labute approximate surface area is 93.7 Å². The molecule has 0 bridgehead atoms. The second-order valence-electron chi connectivity index (χ2n) is 4.50. The Kier molecular flexibility index (Phi) is 3.93. The molecule has 1 heteroatoms. The van der Waals surface area contributed by atoms with Crippen LogP contribution in [0.5, 0.6) is 0 Å². The van der Waals surface area contributed by atoms with E-state index < -0.39 is 8.07 Å². The molecule has 1 rings (SSSR count). The first kappa shape index (κ1) is 11.8. The van der Waals surface area contributed by atoms with Crippen molar-refractivity contribution in [1.29, 1.82) is 0 Å². The van der Waals surface area contributed by atoms with Crippen LogP contribution >= 0.6 is 0 Å². The molecule has 78 valence electrons. The smallest absolute Gasteiger partial charge is 0.0786 e. The molecule has 1 aromatic carbocycles. The Morgan fingerprint density at radius 2 is 1.73 bits per heavy atom. The van der Waals surface area contributed by atoms with Crippen LogP contribution in [0.4, 0.5) is 0 Å². The fourth-order valence-electron chi connectivity index (χ4n) is 1.31. The Bertz CT molecular complexity index is 410. The van der Waals surface area contributed by atoms with Gasteiger partial charge in [-0.15, -0.1) is 0 Å². The van der Waals surface area contributed by atoms with Gasteiger partial charge in [0.2, 0.25) is 0 Å². The van der Waals surface area contributed by atoms with E-state index >= 15 is 0 Å². The Morgan fingerprint density at radius 1 is 1.13 bits per heavy atom. The predicted molar refractivity (Wildman–Crippen MR) is 70.0 cm³/mol. The van der Waals surface area contributed by atoms with Crippen molar-refractivity contribution in [3.05, 3.63) is 53.1 Å². The van der Waals surface area contributed by atoms with Gasteiger partial charge in [0, 0.05) is 0 Å². The maximum absolute atomic E-state index is 3.17. The fourth-order valence-corrected chi connectivity index (χ4v) is 2.96. The molecule has 0 aromatic heterocycles. The molecule has 0 aliphatic rings. The van der Waals surface area contributed by atoms with Gasteiger partial charge in [-0.2, -0.15) is 0 Å². The van der Waals surface area contributed by atoms with Crippen LogP contribution < -0.4 is 5.19 Å². The summed E-state index contributed by atoms with van der Waals surface area (Å²) in [6.45, 7) is 8.72. The standard InChI is InChI=1S/C14H18Si/c1-13(2)9-8-12-15(3,4)14-10-6-5-7-11-14/h5-7,10-12H,1-4H3. The Morgan fingerprint density at radius 3 is 2.27 bits per heavy atom. The van der Waals surface area contributed by atoms with Crippen molar-refractivity contribution in [2.24, 2.45) is 0 Å². The molecular formula is C14H18Si. The van der Waals surface area contributed by atoms with Crippen LogP contribution in [0, 0.1) is 0 Å². The van der Waals surface area contributed by atoms with Crippen LogP contribution in [-0.4, -0.2) is 8.07 Å². The molecule has 0 unspecified atom stereocenters. The molecule has 1 aromatic rings. The number of hydrogen-bond donors (Lipinski definition) is 0. The summed E-state index contributed by atoms with van der Waals surface area (Å²) in [5.74, 6) is 0. The van der Waals surface area contributed by atoms with Crippen LogP contribution in [0.15, 0.2) is 53.1 Å². The fraction of sp³-hybridized carbons (Fsp3) is 0.286. The minimum absolute atomic E-state index is 1.17. The third kappa shape index (κ3) is 3.77. The molecule has 0 spiro atoms. The maximum atomic E-state index is 3.17. The molecule has 0 amide bonds. The average molecular weight is 214 g/mol. The van der Waals surface area contributed by atoms with Gasteiger partial charge in [0.1, 0.15) is 8.07 Å².